The van der Waals surface area contributed by atoms with Gasteiger partial charge in [-0.3, -0.25) is 4.79 Å². The van der Waals surface area contributed by atoms with Crippen molar-refractivity contribution < 1.29 is 9.90 Å². The van der Waals surface area contributed by atoms with Gasteiger partial charge in [0.1, 0.15) is 0 Å². The molecule has 0 saturated carbocycles. The van der Waals surface area contributed by atoms with Gasteiger partial charge < -0.3 is 21.9 Å². The highest BCUT2D eigenvalue weighted by Crippen LogP contribution is 2.10. The predicted octanol–water partition coefficient (Wildman–Crippen LogP) is 0.748. The summed E-state index contributed by atoms with van der Waals surface area (Å²) < 4.78 is 0. The van der Waals surface area contributed by atoms with Gasteiger partial charge in [0.25, 0.3) is 0 Å². The molecule has 1 amide bonds. The number of amides is 1. The normalized spacial score (nSPS) is 14.1. The molecule has 0 spiro atoms. The average Bonchev–Trinajstić information content (AvgIpc) is 2.42. The molecule has 19 heavy (non-hydrogen) atoms. The number of carbonyl (C=O) groups is 1. The van der Waals surface area contributed by atoms with Crippen LogP contribution in [-0.2, 0) is 4.79 Å². The Hall–Kier alpha value is -0.650. The highest BCUT2D eigenvalue weighted by molar-refractivity contribution is 5.81. The van der Waals surface area contributed by atoms with E-state index in [4.69, 9.17) is 16.6 Å². The van der Waals surface area contributed by atoms with Crippen LogP contribution in [0.4, 0.5) is 0 Å². The molecule has 6 N–H and O–H groups in total. The van der Waals surface area contributed by atoms with Gasteiger partial charge in [-0.15, -0.1) is 0 Å². The van der Waals surface area contributed by atoms with Crippen molar-refractivity contribution in [1.29, 1.82) is 0 Å². The van der Waals surface area contributed by atoms with E-state index in [0.29, 0.717) is 25.4 Å². The molecule has 2 atom stereocenters. The van der Waals surface area contributed by atoms with E-state index in [-0.39, 0.29) is 12.5 Å². The van der Waals surface area contributed by atoms with E-state index in [2.05, 4.69) is 12.2 Å². The molecule has 0 saturated heterocycles. The molecule has 0 heterocycles. The van der Waals surface area contributed by atoms with Crippen molar-refractivity contribution >= 4 is 5.91 Å². The van der Waals surface area contributed by atoms with Crippen molar-refractivity contribution in [1.82, 2.24) is 5.32 Å². The van der Waals surface area contributed by atoms with Crippen molar-refractivity contribution in [2.75, 3.05) is 19.7 Å². The summed E-state index contributed by atoms with van der Waals surface area (Å²) in [5.41, 5.74) is 11.2. The first-order chi connectivity index (χ1) is 9.15. The Morgan fingerprint density at radius 3 is 2.47 bits per heavy atom. The van der Waals surface area contributed by atoms with Crippen LogP contribution in [0.15, 0.2) is 0 Å². The molecular formula is C14H31N3O2. The van der Waals surface area contributed by atoms with Crippen molar-refractivity contribution in [2.45, 2.75) is 57.9 Å². The van der Waals surface area contributed by atoms with Gasteiger partial charge in [-0.1, -0.05) is 26.2 Å². The van der Waals surface area contributed by atoms with Crippen LogP contribution in [0.2, 0.25) is 0 Å². The number of carbonyl (C=O) groups excluding carboxylic acids is 1. The molecule has 0 aliphatic heterocycles. The summed E-state index contributed by atoms with van der Waals surface area (Å²) in [7, 11) is 0. The van der Waals surface area contributed by atoms with E-state index in [0.717, 1.165) is 38.5 Å². The standard InChI is InChI=1S/C14H31N3O2/c1-2-12(11-18)7-4-6-10-17-14(19)13(16)8-3-5-9-15/h12-13,18H,2-11,15-16H2,1H3,(H,17,19)/t12?,13-/m1/s1. The smallest absolute Gasteiger partial charge is 0.236 e. The minimum atomic E-state index is -0.410. The zero-order valence-electron chi connectivity index (χ0n) is 12.2. The molecule has 0 aliphatic carbocycles. The molecule has 114 valence electrons. The van der Waals surface area contributed by atoms with Crippen molar-refractivity contribution in [3.63, 3.8) is 0 Å². The fourth-order valence-electron chi connectivity index (χ4n) is 1.96. The average molecular weight is 273 g/mol. The lowest BCUT2D eigenvalue weighted by Gasteiger charge is -2.13. The quantitative estimate of drug-likeness (QED) is 0.394. The molecule has 0 bridgehead atoms. The molecule has 0 aromatic heterocycles. The lowest BCUT2D eigenvalue weighted by atomic mass is 10.0. The van der Waals surface area contributed by atoms with Gasteiger partial charge >= 0.3 is 0 Å². The van der Waals surface area contributed by atoms with Gasteiger partial charge in [0.2, 0.25) is 5.91 Å². The molecule has 0 aliphatic rings. The van der Waals surface area contributed by atoms with Crippen LogP contribution in [0.1, 0.15) is 51.9 Å². The second-order valence-corrected chi connectivity index (χ2v) is 5.13. The Morgan fingerprint density at radius 1 is 1.21 bits per heavy atom. The number of rotatable bonds is 12. The maximum atomic E-state index is 11.6. The van der Waals surface area contributed by atoms with Crippen molar-refractivity contribution in [3.05, 3.63) is 0 Å². The first-order valence-electron chi connectivity index (χ1n) is 7.49. The van der Waals surface area contributed by atoms with E-state index in [1.54, 1.807) is 0 Å². The number of aliphatic hydroxyl groups excluding tert-OH is 1. The molecule has 1 unspecified atom stereocenters. The van der Waals surface area contributed by atoms with Crippen molar-refractivity contribution in [3.8, 4) is 0 Å². The van der Waals surface area contributed by atoms with Gasteiger partial charge in [0.05, 0.1) is 6.04 Å². The number of hydrogen-bond acceptors (Lipinski definition) is 4. The summed E-state index contributed by atoms with van der Waals surface area (Å²) in [6, 6.07) is -0.410. The molecule has 5 nitrogen and oxygen atoms in total. The predicted molar refractivity (Wildman–Crippen MR) is 78.6 cm³/mol. The lowest BCUT2D eigenvalue weighted by Crippen LogP contribution is -2.40. The maximum absolute atomic E-state index is 11.6. The first-order valence-corrected chi connectivity index (χ1v) is 7.49. The van der Waals surface area contributed by atoms with Crippen LogP contribution in [0.5, 0.6) is 0 Å². The summed E-state index contributed by atoms with van der Waals surface area (Å²) in [4.78, 5) is 11.6. The Labute approximate surface area is 117 Å². The maximum Gasteiger partial charge on any atom is 0.236 e. The second-order valence-electron chi connectivity index (χ2n) is 5.13. The zero-order valence-corrected chi connectivity index (χ0v) is 12.2. The summed E-state index contributed by atoms with van der Waals surface area (Å²) in [5, 5.41) is 11.9. The Balaban J connectivity index is 3.51. The van der Waals surface area contributed by atoms with E-state index in [1.807, 2.05) is 0 Å². The van der Waals surface area contributed by atoms with Gasteiger partial charge in [0.15, 0.2) is 0 Å². The zero-order chi connectivity index (χ0) is 14.5. The van der Waals surface area contributed by atoms with Crippen LogP contribution in [0.25, 0.3) is 0 Å². The Morgan fingerprint density at radius 2 is 1.89 bits per heavy atom. The number of hydrogen-bond donors (Lipinski definition) is 4. The molecular weight excluding hydrogens is 242 g/mol. The van der Waals surface area contributed by atoms with Crippen LogP contribution < -0.4 is 16.8 Å². The molecule has 0 aromatic carbocycles. The second kappa shape index (κ2) is 12.4. The van der Waals surface area contributed by atoms with E-state index < -0.39 is 6.04 Å². The summed E-state index contributed by atoms with van der Waals surface area (Å²) in [6.45, 7) is 3.67. The van der Waals surface area contributed by atoms with Crippen LogP contribution in [0.3, 0.4) is 0 Å². The van der Waals surface area contributed by atoms with Crippen LogP contribution in [-0.4, -0.2) is 36.8 Å². The number of nitrogens with one attached hydrogen (secondary N) is 1. The third-order valence-electron chi connectivity index (χ3n) is 3.48. The third kappa shape index (κ3) is 9.87. The Bertz CT molecular complexity index is 221. The van der Waals surface area contributed by atoms with Crippen LogP contribution >= 0.6 is 0 Å². The fraction of sp³-hybridized carbons (Fsp3) is 0.929. The molecule has 0 radical (unpaired) electrons. The van der Waals surface area contributed by atoms with Gasteiger partial charge in [-0.05, 0) is 38.1 Å². The topological polar surface area (TPSA) is 101 Å². The minimum Gasteiger partial charge on any atom is -0.396 e. The Kier molecular flexibility index (Phi) is 12.0. The fourth-order valence-corrected chi connectivity index (χ4v) is 1.96. The SMILES string of the molecule is CCC(CO)CCCCNC(=O)[C@H](N)CCCCN. The minimum absolute atomic E-state index is 0.0637. The lowest BCUT2D eigenvalue weighted by molar-refractivity contribution is -0.122. The number of nitrogens with two attached hydrogens (primary N) is 2. The first kappa shape index (κ1) is 18.4. The van der Waals surface area contributed by atoms with Crippen molar-refractivity contribution in [2.24, 2.45) is 17.4 Å². The largest absolute Gasteiger partial charge is 0.396 e. The van der Waals surface area contributed by atoms with Crippen LogP contribution in [0, 0.1) is 5.92 Å². The van der Waals surface area contributed by atoms with Gasteiger partial charge in [-0.2, -0.15) is 0 Å². The van der Waals surface area contributed by atoms with Gasteiger partial charge in [0, 0.05) is 13.2 Å². The molecule has 0 fully saturated rings. The third-order valence-corrected chi connectivity index (χ3v) is 3.48. The van der Waals surface area contributed by atoms with Gasteiger partial charge in [-0.25, -0.2) is 0 Å². The summed E-state index contributed by atoms with van der Waals surface area (Å²) in [5.74, 6) is 0.334. The summed E-state index contributed by atoms with van der Waals surface area (Å²) in [6.07, 6.45) is 6.52. The summed E-state index contributed by atoms with van der Waals surface area (Å²) >= 11 is 0. The van der Waals surface area contributed by atoms with E-state index >= 15 is 0 Å². The molecule has 0 rings (SSSR count). The highest BCUT2D eigenvalue weighted by atomic mass is 16.3. The molecule has 0 aromatic rings. The molecule has 5 heteroatoms. The highest BCUT2D eigenvalue weighted by Gasteiger charge is 2.11. The number of unbranched alkanes of at least 4 members (excludes halogenated alkanes) is 2. The monoisotopic (exact) mass is 273 g/mol. The number of aliphatic hydroxyl groups is 1. The van der Waals surface area contributed by atoms with E-state index in [1.165, 1.54) is 0 Å². The van der Waals surface area contributed by atoms with E-state index in [9.17, 15) is 4.79 Å².